The van der Waals surface area contributed by atoms with Crippen LogP contribution in [-0.2, 0) is 4.79 Å². The highest BCUT2D eigenvalue weighted by Gasteiger charge is 1.96. The van der Waals surface area contributed by atoms with E-state index in [9.17, 15) is 4.79 Å². The van der Waals surface area contributed by atoms with Gasteiger partial charge in [0, 0.05) is 12.6 Å². The number of nitrogens with one attached hydrogen (secondary N) is 1. The van der Waals surface area contributed by atoms with Crippen LogP contribution in [0.25, 0.3) is 6.08 Å². The summed E-state index contributed by atoms with van der Waals surface area (Å²) in [7, 11) is 0. The van der Waals surface area contributed by atoms with Crippen molar-refractivity contribution in [3.8, 4) is 0 Å². The third-order valence-corrected chi connectivity index (χ3v) is 3.83. The predicted molar refractivity (Wildman–Crippen MR) is 95.8 cm³/mol. The minimum Gasteiger partial charge on any atom is -0.353 e. The summed E-state index contributed by atoms with van der Waals surface area (Å²) < 4.78 is 0. The third kappa shape index (κ3) is 9.38. The van der Waals surface area contributed by atoms with Crippen molar-refractivity contribution in [3.05, 3.63) is 41.5 Å². The molecule has 122 valence electrons. The van der Waals surface area contributed by atoms with Crippen LogP contribution >= 0.6 is 0 Å². The average molecular weight is 301 g/mol. The molecule has 0 fully saturated rings. The number of hydrogen-bond acceptors (Lipinski definition) is 1. The Kier molecular flexibility index (Phi) is 10.1. The molecule has 2 nitrogen and oxygen atoms in total. The van der Waals surface area contributed by atoms with Crippen molar-refractivity contribution in [3.63, 3.8) is 0 Å². The molecule has 0 bridgehead atoms. The zero-order chi connectivity index (χ0) is 16.0. The zero-order valence-corrected chi connectivity index (χ0v) is 14.2. The highest BCUT2D eigenvalue weighted by atomic mass is 16.1. The van der Waals surface area contributed by atoms with Crippen LogP contribution in [0.15, 0.2) is 30.3 Å². The number of hydrogen-bond donors (Lipinski definition) is 1. The summed E-state index contributed by atoms with van der Waals surface area (Å²) >= 11 is 0. The Hall–Kier alpha value is -1.57. The van der Waals surface area contributed by atoms with Crippen molar-refractivity contribution in [1.29, 1.82) is 0 Å². The van der Waals surface area contributed by atoms with Crippen LogP contribution in [0.4, 0.5) is 0 Å². The van der Waals surface area contributed by atoms with E-state index in [2.05, 4.69) is 31.3 Å². The van der Waals surface area contributed by atoms with Gasteiger partial charge in [-0.05, 0) is 25.0 Å². The molecule has 0 saturated heterocycles. The van der Waals surface area contributed by atoms with Crippen LogP contribution in [0, 0.1) is 6.92 Å². The quantitative estimate of drug-likeness (QED) is 0.438. The lowest BCUT2D eigenvalue weighted by Crippen LogP contribution is -2.21. The van der Waals surface area contributed by atoms with Crippen LogP contribution in [0.2, 0.25) is 0 Å². The zero-order valence-electron chi connectivity index (χ0n) is 14.2. The predicted octanol–water partition coefficient (Wildman–Crippen LogP) is 5.27. The van der Waals surface area contributed by atoms with Crippen LogP contribution in [0.5, 0.6) is 0 Å². The van der Waals surface area contributed by atoms with Gasteiger partial charge in [-0.2, -0.15) is 0 Å². The maximum absolute atomic E-state index is 11.7. The van der Waals surface area contributed by atoms with Crippen molar-refractivity contribution < 1.29 is 4.79 Å². The maximum atomic E-state index is 11.7. The lowest BCUT2D eigenvalue weighted by molar-refractivity contribution is -0.116. The van der Waals surface area contributed by atoms with Gasteiger partial charge >= 0.3 is 0 Å². The lowest BCUT2D eigenvalue weighted by atomic mass is 10.1. The van der Waals surface area contributed by atoms with Gasteiger partial charge in [-0.25, -0.2) is 0 Å². The highest BCUT2D eigenvalue weighted by molar-refractivity contribution is 5.91. The molecule has 0 aromatic heterocycles. The van der Waals surface area contributed by atoms with Crippen LogP contribution in [0.1, 0.15) is 69.4 Å². The Bertz CT molecular complexity index is 434. The van der Waals surface area contributed by atoms with Crippen molar-refractivity contribution in [1.82, 2.24) is 5.32 Å². The van der Waals surface area contributed by atoms with E-state index in [-0.39, 0.29) is 5.91 Å². The summed E-state index contributed by atoms with van der Waals surface area (Å²) in [6.45, 7) is 5.09. The van der Waals surface area contributed by atoms with Gasteiger partial charge in [0.2, 0.25) is 5.91 Å². The van der Waals surface area contributed by atoms with Gasteiger partial charge in [0.25, 0.3) is 0 Å². The summed E-state index contributed by atoms with van der Waals surface area (Å²) in [4.78, 5) is 11.7. The highest BCUT2D eigenvalue weighted by Crippen LogP contribution is 2.08. The Balaban J connectivity index is 2.02. The number of carbonyl (C=O) groups excluding carboxylic acids is 1. The number of unbranched alkanes of at least 4 members (excludes halogenated alkanes) is 7. The first-order valence-corrected chi connectivity index (χ1v) is 8.75. The van der Waals surface area contributed by atoms with Gasteiger partial charge in [0.05, 0.1) is 0 Å². The number of aryl methyl sites for hydroxylation is 1. The SMILES string of the molecule is CCCCCCCCCCNC(=O)/C=C/c1ccc(C)cc1. The van der Waals surface area contributed by atoms with Crippen molar-refractivity contribution in [2.24, 2.45) is 0 Å². The molecule has 0 radical (unpaired) electrons. The van der Waals surface area contributed by atoms with Gasteiger partial charge in [-0.3, -0.25) is 4.79 Å². The third-order valence-electron chi connectivity index (χ3n) is 3.83. The van der Waals surface area contributed by atoms with E-state index in [0.717, 1.165) is 18.5 Å². The second-order valence-corrected chi connectivity index (χ2v) is 6.01. The Morgan fingerprint density at radius 2 is 1.55 bits per heavy atom. The molecule has 2 heteroatoms. The summed E-state index contributed by atoms with van der Waals surface area (Å²) in [6.07, 6.45) is 13.8. The van der Waals surface area contributed by atoms with E-state index in [1.54, 1.807) is 6.08 Å². The molecule has 1 amide bonds. The lowest BCUT2D eigenvalue weighted by Gasteiger charge is -2.03. The molecule has 1 aromatic rings. The smallest absolute Gasteiger partial charge is 0.243 e. The van der Waals surface area contributed by atoms with E-state index in [1.807, 2.05) is 18.2 Å². The van der Waals surface area contributed by atoms with Gasteiger partial charge < -0.3 is 5.32 Å². The first-order chi connectivity index (χ1) is 10.7. The van der Waals surface area contributed by atoms with Crippen molar-refractivity contribution >= 4 is 12.0 Å². The number of benzene rings is 1. The largest absolute Gasteiger partial charge is 0.353 e. The minimum absolute atomic E-state index is 0.00326. The summed E-state index contributed by atoms with van der Waals surface area (Å²) in [6, 6.07) is 8.16. The van der Waals surface area contributed by atoms with Crippen molar-refractivity contribution in [2.45, 2.75) is 65.2 Å². The molecule has 1 N–H and O–H groups in total. The first kappa shape index (κ1) is 18.5. The molecular weight excluding hydrogens is 270 g/mol. The number of rotatable bonds is 11. The molecule has 0 aliphatic heterocycles. The monoisotopic (exact) mass is 301 g/mol. The first-order valence-electron chi connectivity index (χ1n) is 8.75. The van der Waals surface area contributed by atoms with Crippen molar-refractivity contribution in [2.75, 3.05) is 6.54 Å². The summed E-state index contributed by atoms with van der Waals surface area (Å²) in [5.74, 6) is 0.00326. The maximum Gasteiger partial charge on any atom is 0.243 e. The van der Waals surface area contributed by atoms with E-state index in [4.69, 9.17) is 0 Å². The van der Waals surface area contributed by atoms with E-state index >= 15 is 0 Å². The Morgan fingerprint density at radius 1 is 0.955 bits per heavy atom. The molecule has 0 atom stereocenters. The summed E-state index contributed by atoms with van der Waals surface area (Å²) in [5, 5.41) is 2.95. The molecule has 1 rings (SSSR count). The van der Waals surface area contributed by atoms with Gasteiger partial charge in [-0.15, -0.1) is 0 Å². The number of carbonyl (C=O) groups is 1. The molecule has 0 saturated carbocycles. The topological polar surface area (TPSA) is 29.1 Å². The molecule has 22 heavy (non-hydrogen) atoms. The van der Waals surface area contributed by atoms with E-state index in [0.29, 0.717) is 0 Å². The van der Waals surface area contributed by atoms with E-state index < -0.39 is 0 Å². The fourth-order valence-corrected chi connectivity index (χ4v) is 2.38. The number of amides is 1. The van der Waals surface area contributed by atoms with Crippen LogP contribution in [-0.4, -0.2) is 12.5 Å². The normalized spacial score (nSPS) is 11.0. The molecule has 1 aromatic carbocycles. The summed E-state index contributed by atoms with van der Waals surface area (Å²) in [5.41, 5.74) is 2.30. The van der Waals surface area contributed by atoms with Crippen LogP contribution < -0.4 is 5.32 Å². The fraction of sp³-hybridized carbons (Fsp3) is 0.550. The average Bonchev–Trinajstić information content (AvgIpc) is 2.53. The standard InChI is InChI=1S/C20H31NO/c1-3-4-5-6-7-8-9-10-17-21-20(22)16-15-19-13-11-18(2)12-14-19/h11-16H,3-10,17H2,1-2H3,(H,21,22)/b16-15+. The van der Waals surface area contributed by atoms with E-state index in [1.165, 1.54) is 50.5 Å². The van der Waals surface area contributed by atoms with Gasteiger partial charge in [0.15, 0.2) is 0 Å². The second kappa shape index (κ2) is 12.0. The molecule has 0 spiro atoms. The van der Waals surface area contributed by atoms with Crippen LogP contribution in [0.3, 0.4) is 0 Å². The Labute approximate surface area is 136 Å². The molecule has 0 aliphatic carbocycles. The Morgan fingerprint density at radius 3 is 2.18 bits per heavy atom. The van der Waals surface area contributed by atoms with Gasteiger partial charge in [0.1, 0.15) is 0 Å². The fourth-order valence-electron chi connectivity index (χ4n) is 2.38. The molecule has 0 heterocycles. The molecular formula is C20H31NO. The van der Waals surface area contributed by atoms with Gasteiger partial charge in [-0.1, -0.05) is 81.7 Å². The molecule has 0 aliphatic rings. The second-order valence-electron chi connectivity index (χ2n) is 6.01. The molecule has 0 unspecified atom stereocenters. The minimum atomic E-state index is 0.00326.